The Kier molecular flexibility index (Phi) is 4.47. The van der Waals surface area contributed by atoms with Gasteiger partial charge in [0.05, 0.1) is 23.4 Å². The number of carbonyl (C=O) groups excluding carboxylic acids is 1. The van der Waals surface area contributed by atoms with Crippen molar-refractivity contribution in [1.82, 2.24) is 24.8 Å². The van der Waals surface area contributed by atoms with E-state index >= 15 is 0 Å². The summed E-state index contributed by atoms with van der Waals surface area (Å²) in [5, 5.41) is 8.06. The lowest BCUT2D eigenvalue weighted by molar-refractivity contribution is 0.0504. The van der Waals surface area contributed by atoms with Gasteiger partial charge in [0, 0.05) is 31.4 Å². The van der Waals surface area contributed by atoms with E-state index in [0.29, 0.717) is 24.1 Å². The molecule has 0 saturated carbocycles. The second-order valence-electron chi connectivity index (χ2n) is 7.93. The van der Waals surface area contributed by atoms with Crippen LogP contribution in [0.4, 0.5) is 4.39 Å². The monoisotopic (exact) mass is 445 g/mol. The molecule has 2 aromatic heterocycles. The van der Waals surface area contributed by atoms with Crippen molar-refractivity contribution in [2.75, 3.05) is 18.8 Å². The number of aromatic nitrogens is 4. The highest BCUT2D eigenvalue weighted by Crippen LogP contribution is 2.49. The molecule has 31 heavy (non-hydrogen) atoms. The van der Waals surface area contributed by atoms with Gasteiger partial charge in [-0.2, -0.15) is 10.1 Å². The Bertz CT molecular complexity index is 1240. The first-order valence-corrected chi connectivity index (χ1v) is 11.6. The number of hydrogen-bond acceptors (Lipinski definition) is 7. The van der Waals surface area contributed by atoms with Gasteiger partial charge >= 0.3 is 0 Å². The van der Waals surface area contributed by atoms with E-state index in [-0.39, 0.29) is 42.3 Å². The molecule has 162 valence electrons. The SMILES string of the molecule is CCn1cc(C(=O)N2CC3(C2)C(c2nc(-c4ccc(F)cc4)no2)CCS3(=O)=O)cn1. The smallest absolute Gasteiger partial charge is 0.257 e. The molecule has 1 atom stereocenters. The molecule has 2 saturated heterocycles. The van der Waals surface area contributed by atoms with E-state index in [4.69, 9.17) is 4.52 Å². The van der Waals surface area contributed by atoms with Crippen molar-refractivity contribution in [2.45, 2.75) is 30.6 Å². The lowest BCUT2D eigenvalue weighted by Gasteiger charge is -2.48. The Balaban J connectivity index is 1.39. The molecule has 2 aliphatic rings. The molecule has 2 fully saturated rings. The van der Waals surface area contributed by atoms with Crippen molar-refractivity contribution in [3.05, 3.63) is 53.9 Å². The lowest BCUT2D eigenvalue weighted by Crippen LogP contribution is -2.67. The second-order valence-corrected chi connectivity index (χ2v) is 10.4. The highest BCUT2D eigenvalue weighted by atomic mass is 32.2. The summed E-state index contributed by atoms with van der Waals surface area (Å²) in [6, 6.07) is 5.66. The van der Waals surface area contributed by atoms with Crippen LogP contribution in [0.15, 0.2) is 41.2 Å². The van der Waals surface area contributed by atoms with E-state index < -0.39 is 20.5 Å². The predicted octanol–water partition coefficient (Wildman–Crippen LogP) is 1.89. The lowest BCUT2D eigenvalue weighted by atomic mass is 9.82. The first kappa shape index (κ1) is 19.9. The Morgan fingerprint density at radius 1 is 1.29 bits per heavy atom. The molecule has 1 amide bonds. The molecule has 11 heteroatoms. The van der Waals surface area contributed by atoms with Crippen molar-refractivity contribution >= 4 is 15.7 Å². The van der Waals surface area contributed by atoms with Gasteiger partial charge in [0.15, 0.2) is 9.84 Å². The Labute approximate surface area is 177 Å². The van der Waals surface area contributed by atoms with E-state index in [1.54, 1.807) is 10.9 Å². The van der Waals surface area contributed by atoms with E-state index in [9.17, 15) is 17.6 Å². The van der Waals surface area contributed by atoms with E-state index in [0.717, 1.165) is 0 Å². The molecule has 4 heterocycles. The standard InChI is InChI=1S/C20H20FN5O4S/c1-2-26-10-14(9-22-26)19(27)25-11-20(12-25)16(7-8-31(20,28)29)18-23-17(24-30-18)13-3-5-15(21)6-4-13/h3-6,9-10,16H,2,7-8,11-12H2,1H3. The topological polar surface area (TPSA) is 111 Å². The van der Waals surface area contributed by atoms with Crippen LogP contribution in [0.1, 0.15) is 35.5 Å². The summed E-state index contributed by atoms with van der Waals surface area (Å²) < 4.78 is 45.0. The third-order valence-corrected chi connectivity index (χ3v) is 8.74. The van der Waals surface area contributed by atoms with Crippen LogP contribution >= 0.6 is 0 Å². The van der Waals surface area contributed by atoms with E-state index in [1.165, 1.54) is 35.4 Å². The van der Waals surface area contributed by atoms with Crippen molar-refractivity contribution in [3.63, 3.8) is 0 Å². The third-order valence-electron chi connectivity index (χ3n) is 6.18. The molecule has 2 aliphatic heterocycles. The molecule has 0 aliphatic carbocycles. The van der Waals surface area contributed by atoms with Gasteiger partial charge in [-0.05, 0) is 37.6 Å². The number of amides is 1. The Morgan fingerprint density at radius 3 is 2.71 bits per heavy atom. The molecule has 9 nitrogen and oxygen atoms in total. The van der Waals surface area contributed by atoms with Crippen LogP contribution in [-0.2, 0) is 16.4 Å². The molecule has 1 unspecified atom stereocenters. The fraction of sp³-hybridized carbons (Fsp3) is 0.400. The molecular weight excluding hydrogens is 425 g/mol. The van der Waals surface area contributed by atoms with Crippen LogP contribution in [0.3, 0.4) is 0 Å². The zero-order chi connectivity index (χ0) is 21.8. The van der Waals surface area contributed by atoms with Gasteiger partial charge in [-0.25, -0.2) is 12.8 Å². The fourth-order valence-electron chi connectivity index (χ4n) is 4.39. The van der Waals surface area contributed by atoms with Gasteiger partial charge < -0.3 is 9.42 Å². The molecule has 0 radical (unpaired) electrons. The van der Waals surface area contributed by atoms with Gasteiger partial charge in [-0.3, -0.25) is 9.48 Å². The maximum atomic E-state index is 13.2. The zero-order valence-electron chi connectivity index (χ0n) is 16.7. The zero-order valence-corrected chi connectivity index (χ0v) is 17.5. The van der Waals surface area contributed by atoms with Crippen LogP contribution in [0.25, 0.3) is 11.4 Å². The van der Waals surface area contributed by atoms with Gasteiger partial charge in [-0.15, -0.1) is 0 Å². The summed E-state index contributed by atoms with van der Waals surface area (Å²) in [5.74, 6) is -0.621. The summed E-state index contributed by atoms with van der Waals surface area (Å²) in [4.78, 5) is 18.7. The summed E-state index contributed by atoms with van der Waals surface area (Å²) in [6.07, 6.45) is 3.49. The number of carbonyl (C=O) groups is 1. The average Bonchev–Trinajstić information content (AvgIpc) is 3.43. The Morgan fingerprint density at radius 2 is 2.03 bits per heavy atom. The van der Waals surface area contributed by atoms with Crippen molar-refractivity contribution in [1.29, 1.82) is 0 Å². The summed E-state index contributed by atoms with van der Waals surface area (Å²) in [6.45, 7) is 2.70. The molecule has 0 bridgehead atoms. The molecule has 1 aromatic carbocycles. The van der Waals surface area contributed by atoms with Gasteiger partial charge in [-0.1, -0.05) is 5.16 Å². The van der Waals surface area contributed by atoms with E-state index in [2.05, 4.69) is 15.2 Å². The van der Waals surface area contributed by atoms with Crippen molar-refractivity contribution < 1.29 is 22.1 Å². The predicted molar refractivity (Wildman–Crippen MR) is 107 cm³/mol. The number of nitrogens with zero attached hydrogens (tertiary/aromatic N) is 5. The van der Waals surface area contributed by atoms with Crippen molar-refractivity contribution in [3.8, 4) is 11.4 Å². The summed E-state index contributed by atoms with van der Waals surface area (Å²) in [7, 11) is -3.45. The van der Waals surface area contributed by atoms with E-state index in [1.807, 2.05) is 6.92 Å². The number of aryl methyl sites for hydroxylation is 1. The Hall–Kier alpha value is -3.08. The first-order valence-electron chi connectivity index (χ1n) is 9.96. The van der Waals surface area contributed by atoms with Gasteiger partial charge in [0.2, 0.25) is 11.7 Å². The highest BCUT2D eigenvalue weighted by molar-refractivity contribution is 7.93. The molecule has 5 rings (SSSR count). The fourth-order valence-corrected chi connectivity index (χ4v) is 6.70. The van der Waals surface area contributed by atoms with Crippen LogP contribution in [0.5, 0.6) is 0 Å². The van der Waals surface area contributed by atoms with Crippen LogP contribution < -0.4 is 0 Å². The minimum Gasteiger partial charge on any atom is -0.339 e. The first-order chi connectivity index (χ1) is 14.8. The average molecular weight is 445 g/mol. The number of halogens is 1. The maximum absolute atomic E-state index is 13.2. The van der Waals surface area contributed by atoms with Crippen LogP contribution in [-0.4, -0.2) is 62.7 Å². The third kappa shape index (κ3) is 3.06. The number of sulfone groups is 1. The molecule has 1 spiro atoms. The van der Waals surface area contributed by atoms with Crippen molar-refractivity contribution in [2.24, 2.45) is 0 Å². The van der Waals surface area contributed by atoms with Crippen LogP contribution in [0.2, 0.25) is 0 Å². The number of rotatable bonds is 4. The largest absolute Gasteiger partial charge is 0.339 e. The number of hydrogen-bond donors (Lipinski definition) is 0. The molecule has 3 aromatic rings. The quantitative estimate of drug-likeness (QED) is 0.603. The van der Waals surface area contributed by atoms with Gasteiger partial charge in [0.25, 0.3) is 5.91 Å². The minimum absolute atomic E-state index is 0.00171. The highest BCUT2D eigenvalue weighted by Gasteiger charge is 2.64. The minimum atomic E-state index is -3.45. The maximum Gasteiger partial charge on any atom is 0.257 e. The normalized spacial score (nSPS) is 21.4. The summed E-state index contributed by atoms with van der Waals surface area (Å²) >= 11 is 0. The molecular formula is C20H20FN5O4S. The second kappa shape index (κ2) is 6.98. The van der Waals surface area contributed by atoms with Gasteiger partial charge in [0.1, 0.15) is 10.6 Å². The molecule has 0 N–H and O–H groups in total. The summed E-state index contributed by atoms with van der Waals surface area (Å²) in [5.41, 5.74) is 1.00. The number of likely N-dealkylation sites (tertiary alicyclic amines) is 1. The van der Waals surface area contributed by atoms with Crippen LogP contribution in [0, 0.1) is 5.82 Å². The number of benzene rings is 1.